The minimum Gasteiger partial charge on any atom is -0.481 e. The number of rotatable bonds is 2. The number of amides is 1. The van der Waals surface area contributed by atoms with Crippen molar-refractivity contribution >= 4 is 12.1 Å². The van der Waals surface area contributed by atoms with Gasteiger partial charge < -0.3 is 15.2 Å². The van der Waals surface area contributed by atoms with Gasteiger partial charge >= 0.3 is 12.1 Å². The average molecular weight is 243 g/mol. The maximum absolute atomic E-state index is 11.5. The summed E-state index contributed by atoms with van der Waals surface area (Å²) in [6.45, 7) is 9.06. The number of carbonyl (C=O) groups is 2. The van der Waals surface area contributed by atoms with Gasteiger partial charge in [0, 0.05) is 6.04 Å². The van der Waals surface area contributed by atoms with Gasteiger partial charge in [0.25, 0.3) is 0 Å². The van der Waals surface area contributed by atoms with Crippen molar-refractivity contribution in [3.63, 3.8) is 0 Å². The molecule has 1 rings (SSSR count). The highest BCUT2D eigenvalue weighted by molar-refractivity contribution is 5.74. The standard InChI is InChI=1S/C12H21NO4/c1-11(2,3)17-10(16)13-8-6-7(9(14)15)12(8,4)5/h7-8H,6H2,1-5H3,(H,13,16)(H,14,15)/t7-,8-/m0/s1. The van der Waals surface area contributed by atoms with E-state index < -0.39 is 29.0 Å². The molecule has 1 aliphatic carbocycles. The summed E-state index contributed by atoms with van der Waals surface area (Å²) in [6, 6.07) is -0.140. The molecule has 0 aliphatic heterocycles. The van der Waals surface area contributed by atoms with Crippen LogP contribution >= 0.6 is 0 Å². The van der Waals surface area contributed by atoms with Gasteiger partial charge in [-0.3, -0.25) is 4.79 Å². The van der Waals surface area contributed by atoms with Crippen LogP contribution in [0.2, 0.25) is 0 Å². The lowest BCUT2D eigenvalue weighted by Crippen LogP contribution is -2.60. The van der Waals surface area contributed by atoms with Crippen molar-refractivity contribution in [3.05, 3.63) is 0 Å². The molecule has 0 spiro atoms. The van der Waals surface area contributed by atoms with E-state index in [1.165, 1.54) is 0 Å². The Morgan fingerprint density at radius 2 is 1.88 bits per heavy atom. The van der Waals surface area contributed by atoms with Crippen LogP contribution in [0.3, 0.4) is 0 Å². The molecule has 1 aliphatic rings. The lowest BCUT2D eigenvalue weighted by molar-refractivity contribution is -0.155. The van der Waals surface area contributed by atoms with Gasteiger partial charge in [0.15, 0.2) is 0 Å². The van der Waals surface area contributed by atoms with Gasteiger partial charge in [0.1, 0.15) is 5.60 Å². The largest absolute Gasteiger partial charge is 0.481 e. The van der Waals surface area contributed by atoms with E-state index in [-0.39, 0.29) is 6.04 Å². The highest BCUT2D eigenvalue weighted by Crippen LogP contribution is 2.46. The first kappa shape index (κ1) is 13.8. The van der Waals surface area contributed by atoms with Crippen molar-refractivity contribution in [2.24, 2.45) is 11.3 Å². The Morgan fingerprint density at radius 1 is 1.35 bits per heavy atom. The van der Waals surface area contributed by atoms with Gasteiger partial charge in [-0.25, -0.2) is 4.79 Å². The highest BCUT2D eigenvalue weighted by Gasteiger charge is 2.52. The molecule has 5 heteroatoms. The molecule has 0 aromatic heterocycles. The summed E-state index contributed by atoms with van der Waals surface area (Å²) in [6.07, 6.45) is -0.0268. The summed E-state index contributed by atoms with van der Waals surface area (Å²) in [5, 5.41) is 11.7. The molecule has 0 radical (unpaired) electrons. The molecular formula is C12H21NO4. The molecule has 5 nitrogen and oxygen atoms in total. The summed E-state index contributed by atoms with van der Waals surface area (Å²) in [5.41, 5.74) is -0.965. The molecule has 0 bridgehead atoms. The third-order valence-electron chi connectivity index (χ3n) is 3.26. The number of hydrogen-bond acceptors (Lipinski definition) is 3. The second kappa shape index (κ2) is 4.20. The summed E-state index contributed by atoms with van der Waals surface area (Å²) in [4.78, 5) is 22.5. The van der Waals surface area contributed by atoms with E-state index >= 15 is 0 Å². The molecule has 0 aromatic carbocycles. The molecule has 1 saturated carbocycles. The Balaban J connectivity index is 2.51. The van der Waals surface area contributed by atoms with Crippen LogP contribution in [0.15, 0.2) is 0 Å². The van der Waals surface area contributed by atoms with Crippen LogP contribution in [0.25, 0.3) is 0 Å². The van der Waals surface area contributed by atoms with Crippen LogP contribution < -0.4 is 5.32 Å². The van der Waals surface area contributed by atoms with E-state index in [1.54, 1.807) is 20.8 Å². The zero-order valence-corrected chi connectivity index (χ0v) is 11.0. The van der Waals surface area contributed by atoms with E-state index in [9.17, 15) is 9.59 Å². The quantitative estimate of drug-likeness (QED) is 0.778. The molecule has 0 heterocycles. The summed E-state index contributed by atoms with van der Waals surface area (Å²) < 4.78 is 5.14. The van der Waals surface area contributed by atoms with Crippen LogP contribution in [0.5, 0.6) is 0 Å². The van der Waals surface area contributed by atoms with Crippen LogP contribution in [0.1, 0.15) is 41.0 Å². The first-order chi connectivity index (χ1) is 7.54. The van der Waals surface area contributed by atoms with Gasteiger partial charge in [-0.15, -0.1) is 0 Å². The number of hydrogen-bond donors (Lipinski definition) is 2. The first-order valence-corrected chi connectivity index (χ1v) is 5.76. The number of carboxylic acids is 1. The van der Waals surface area contributed by atoms with E-state index in [2.05, 4.69) is 5.32 Å². The molecule has 0 unspecified atom stereocenters. The van der Waals surface area contributed by atoms with E-state index in [0.717, 1.165) is 0 Å². The Morgan fingerprint density at radius 3 is 2.24 bits per heavy atom. The van der Waals surface area contributed by atoms with Crippen molar-refractivity contribution < 1.29 is 19.4 Å². The fourth-order valence-corrected chi connectivity index (χ4v) is 2.04. The van der Waals surface area contributed by atoms with Gasteiger partial charge in [-0.05, 0) is 32.6 Å². The van der Waals surface area contributed by atoms with E-state index in [4.69, 9.17) is 9.84 Å². The van der Waals surface area contributed by atoms with Crippen molar-refractivity contribution in [2.45, 2.75) is 52.7 Å². The second-order valence-corrected chi connectivity index (χ2v) is 6.15. The lowest BCUT2D eigenvalue weighted by atomic mass is 9.58. The smallest absolute Gasteiger partial charge is 0.407 e. The number of carboxylic acid groups (broad SMARTS) is 1. The van der Waals surface area contributed by atoms with E-state index in [1.807, 2.05) is 13.8 Å². The maximum atomic E-state index is 11.5. The molecule has 98 valence electrons. The van der Waals surface area contributed by atoms with Crippen LogP contribution in [-0.4, -0.2) is 28.8 Å². The molecule has 2 N–H and O–H groups in total. The number of aliphatic carboxylic acids is 1. The van der Waals surface area contributed by atoms with Crippen molar-refractivity contribution in [1.82, 2.24) is 5.32 Å². The molecule has 17 heavy (non-hydrogen) atoms. The summed E-state index contributed by atoms with van der Waals surface area (Å²) in [5.74, 6) is -1.21. The van der Waals surface area contributed by atoms with Gasteiger partial charge in [0.2, 0.25) is 0 Å². The Kier molecular flexibility index (Phi) is 3.41. The zero-order chi connectivity index (χ0) is 13.4. The van der Waals surface area contributed by atoms with Crippen molar-refractivity contribution in [2.75, 3.05) is 0 Å². The molecule has 0 aromatic rings. The second-order valence-electron chi connectivity index (χ2n) is 6.15. The Labute approximate surface area is 102 Å². The normalized spacial score (nSPS) is 26.9. The fraction of sp³-hybridized carbons (Fsp3) is 0.833. The lowest BCUT2D eigenvalue weighted by Gasteiger charge is -2.49. The molecule has 1 fully saturated rings. The minimum atomic E-state index is -0.808. The minimum absolute atomic E-state index is 0.140. The Bertz CT molecular complexity index is 330. The fourth-order valence-electron chi connectivity index (χ4n) is 2.04. The molecule has 2 atom stereocenters. The number of carbonyl (C=O) groups excluding carboxylic acids is 1. The van der Waals surface area contributed by atoms with Crippen molar-refractivity contribution in [3.8, 4) is 0 Å². The van der Waals surface area contributed by atoms with Crippen LogP contribution in [0, 0.1) is 11.3 Å². The third kappa shape index (κ3) is 3.11. The van der Waals surface area contributed by atoms with Gasteiger partial charge in [-0.2, -0.15) is 0 Å². The van der Waals surface area contributed by atoms with Crippen LogP contribution in [-0.2, 0) is 9.53 Å². The predicted molar refractivity (Wildman–Crippen MR) is 62.7 cm³/mol. The predicted octanol–water partition coefficient (Wildman–Crippen LogP) is 2.01. The summed E-state index contributed by atoms with van der Waals surface area (Å²) in [7, 11) is 0. The maximum Gasteiger partial charge on any atom is 0.407 e. The van der Waals surface area contributed by atoms with E-state index in [0.29, 0.717) is 6.42 Å². The zero-order valence-electron chi connectivity index (χ0n) is 11.0. The molecule has 1 amide bonds. The summed E-state index contributed by atoms with van der Waals surface area (Å²) >= 11 is 0. The third-order valence-corrected chi connectivity index (χ3v) is 3.26. The van der Waals surface area contributed by atoms with Crippen molar-refractivity contribution in [1.29, 1.82) is 0 Å². The van der Waals surface area contributed by atoms with Gasteiger partial charge in [0.05, 0.1) is 5.92 Å². The number of alkyl carbamates (subject to hydrolysis) is 1. The Hall–Kier alpha value is -1.26. The van der Waals surface area contributed by atoms with Crippen LogP contribution in [0.4, 0.5) is 4.79 Å². The molecule has 0 saturated heterocycles. The monoisotopic (exact) mass is 243 g/mol. The SMILES string of the molecule is CC(C)(C)OC(=O)N[C@H]1C[C@@H](C(=O)O)C1(C)C. The molecular weight excluding hydrogens is 222 g/mol. The highest BCUT2D eigenvalue weighted by atomic mass is 16.6. The topological polar surface area (TPSA) is 75.6 Å². The first-order valence-electron chi connectivity index (χ1n) is 5.76. The number of ether oxygens (including phenoxy) is 1. The average Bonchev–Trinajstić information content (AvgIpc) is 2.07. The van der Waals surface area contributed by atoms with Gasteiger partial charge in [-0.1, -0.05) is 13.8 Å². The number of nitrogens with one attached hydrogen (secondary N) is 1.